The molecule has 0 aliphatic heterocycles. The van der Waals surface area contributed by atoms with Gasteiger partial charge in [-0.2, -0.15) is 0 Å². The van der Waals surface area contributed by atoms with Crippen LogP contribution in [0.2, 0.25) is 0 Å². The molecule has 1 heterocycles. The predicted molar refractivity (Wildman–Crippen MR) is 95.9 cm³/mol. The van der Waals surface area contributed by atoms with E-state index in [1.807, 2.05) is 0 Å². The Morgan fingerprint density at radius 1 is 1.16 bits per heavy atom. The number of carbonyl (C=O) groups is 1. The van der Waals surface area contributed by atoms with E-state index in [2.05, 4.69) is 10.3 Å². The van der Waals surface area contributed by atoms with E-state index < -0.39 is 10.0 Å². The molecule has 0 radical (unpaired) electrons. The molecule has 1 amide bonds. The van der Waals surface area contributed by atoms with E-state index >= 15 is 0 Å². The highest BCUT2D eigenvalue weighted by molar-refractivity contribution is 7.92. The van der Waals surface area contributed by atoms with Gasteiger partial charge in [0.1, 0.15) is 5.75 Å². The molecular formula is C17H21N3O4S. The molecule has 1 aromatic carbocycles. The first kappa shape index (κ1) is 18.7. The van der Waals surface area contributed by atoms with E-state index in [0.29, 0.717) is 18.0 Å². The maximum absolute atomic E-state index is 12.0. The Bertz CT molecular complexity index is 792. The molecule has 1 N–H and O–H groups in total. The number of hydrogen-bond acceptors (Lipinski definition) is 5. The van der Waals surface area contributed by atoms with Gasteiger partial charge in [-0.25, -0.2) is 8.42 Å². The summed E-state index contributed by atoms with van der Waals surface area (Å²) in [4.78, 5) is 15.9. The van der Waals surface area contributed by atoms with E-state index in [9.17, 15) is 13.2 Å². The number of rotatable bonds is 8. The number of carbonyl (C=O) groups excluding carboxylic acids is 1. The topological polar surface area (TPSA) is 88.6 Å². The van der Waals surface area contributed by atoms with E-state index in [1.54, 1.807) is 48.8 Å². The van der Waals surface area contributed by atoms with E-state index in [0.717, 1.165) is 11.8 Å². The summed E-state index contributed by atoms with van der Waals surface area (Å²) < 4.78 is 30.3. The molecule has 134 valence electrons. The van der Waals surface area contributed by atoms with Crippen LogP contribution in [-0.2, 0) is 21.4 Å². The highest BCUT2D eigenvalue weighted by Crippen LogP contribution is 2.21. The van der Waals surface area contributed by atoms with Crippen molar-refractivity contribution in [1.29, 1.82) is 0 Å². The second-order valence-corrected chi connectivity index (χ2v) is 7.32. The summed E-state index contributed by atoms with van der Waals surface area (Å²) in [7, 11) is -1.96. The SMILES string of the molecule is COc1ccc(N(CCC(=O)NCc2ccncc2)S(C)(=O)=O)cc1. The van der Waals surface area contributed by atoms with Gasteiger partial charge in [-0.1, -0.05) is 0 Å². The van der Waals surface area contributed by atoms with Crippen molar-refractivity contribution >= 4 is 21.6 Å². The zero-order valence-electron chi connectivity index (χ0n) is 14.2. The Balaban J connectivity index is 1.96. The first-order valence-corrected chi connectivity index (χ1v) is 9.52. The first-order valence-electron chi connectivity index (χ1n) is 7.67. The number of nitrogens with one attached hydrogen (secondary N) is 1. The van der Waals surface area contributed by atoms with Crippen molar-refractivity contribution in [3.8, 4) is 5.75 Å². The minimum Gasteiger partial charge on any atom is -0.497 e. The van der Waals surface area contributed by atoms with Crippen LogP contribution in [-0.4, -0.2) is 39.2 Å². The minimum atomic E-state index is -3.50. The van der Waals surface area contributed by atoms with Crippen LogP contribution in [0.4, 0.5) is 5.69 Å². The number of benzene rings is 1. The fraction of sp³-hybridized carbons (Fsp3) is 0.294. The van der Waals surface area contributed by atoms with Crippen molar-refractivity contribution in [3.63, 3.8) is 0 Å². The lowest BCUT2D eigenvalue weighted by Crippen LogP contribution is -2.34. The zero-order valence-corrected chi connectivity index (χ0v) is 15.0. The molecule has 0 spiro atoms. The monoisotopic (exact) mass is 363 g/mol. The van der Waals surface area contributed by atoms with Crippen molar-refractivity contribution < 1.29 is 17.9 Å². The van der Waals surface area contributed by atoms with Crippen LogP contribution in [0.1, 0.15) is 12.0 Å². The van der Waals surface area contributed by atoms with Crippen LogP contribution in [0.25, 0.3) is 0 Å². The molecule has 0 saturated carbocycles. The number of methoxy groups -OCH3 is 1. The fourth-order valence-electron chi connectivity index (χ4n) is 2.23. The Morgan fingerprint density at radius 3 is 2.36 bits per heavy atom. The van der Waals surface area contributed by atoms with Gasteiger partial charge in [0.25, 0.3) is 0 Å². The summed E-state index contributed by atoms with van der Waals surface area (Å²) in [5.74, 6) is 0.409. The summed E-state index contributed by atoms with van der Waals surface area (Å²) in [6.07, 6.45) is 4.48. The Morgan fingerprint density at radius 2 is 1.80 bits per heavy atom. The van der Waals surface area contributed by atoms with Gasteiger partial charge in [0.05, 0.1) is 19.1 Å². The highest BCUT2D eigenvalue weighted by atomic mass is 32.2. The molecule has 7 nitrogen and oxygen atoms in total. The average molecular weight is 363 g/mol. The Hall–Kier alpha value is -2.61. The van der Waals surface area contributed by atoms with Crippen LogP contribution in [0.5, 0.6) is 5.75 Å². The third kappa shape index (κ3) is 5.75. The smallest absolute Gasteiger partial charge is 0.232 e. The second kappa shape index (κ2) is 8.48. The third-order valence-corrected chi connectivity index (χ3v) is 4.74. The van der Waals surface area contributed by atoms with Crippen molar-refractivity contribution in [2.75, 3.05) is 24.2 Å². The van der Waals surface area contributed by atoms with Gasteiger partial charge in [0, 0.05) is 31.9 Å². The van der Waals surface area contributed by atoms with Gasteiger partial charge < -0.3 is 10.1 Å². The number of nitrogens with zero attached hydrogens (tertiary/aromatic N) is 2. The van der Waals surface area contributed by atoms with Crippen LogP contribution in [0.3, 0.4) is 0 Å². The lowest BCUT2D eigenvalue weighted by Gasteiger charge is -2.22. The Kier molecular flexibility index (Phi) is 6.35. The molecule has 0 unspecified atom stereocenters. The molecule has 1 aromatic heterocycles. The van der Waals surface area contributed by atoms with E-state index in [-0.39, 0.29) is 18.9 Å². The molecule has 0 fully saturated rings. The van der Waals surface area contributed by atoms with Gasteiger partial charge in [0.2, 0.25) is 15.9 Å². The number of pyridine rings is 1. The molecule has 0 aliphatic carbocycles. The molecule has 0 atom stereocenters. The molecule has 2 rings (SSSR count). The maximum atomic E-state index is 12.0. The maximum Gasteiger partial charge on any atom is 0.232 e. The normalized spacial score (nSPS) is 11.0. The van der Waals surface area contributed by atoms with Crippen LogP contribution in [0.15, 0.2) is 48.8 Å². The van der Waals surface area contributed by atoms with Gasteiger partial charge >= 0.3 is 0 Å². The number of amides is 1. The number of anilines is 1. The molecule has 2 aromatic rings. The molecule has 25 heavy (non-hydrogen) atoms. The van der Waals surface area contributed by atoms with Gasteiger partial charge in [-0.15, -0.1) is 0 Å². The second-order valence-electron chi connectivity index (χ2n) is 5.42. The number of sulfonamides is 1. The first-order chi connectivity index (χ1) is 11.9. The predicted octanol–water partition coefficient (Wildman–Crippen LogP) is 1.56. The van der Waals surface area contributed by atoms with Crippen LogP contribution < -0.4 is 14.4 Å². The summed E-state index contributed by atoms with van der Waals surface area (Å²) in [5.41, 5.74) is 1.42. The number of hydrogen-bond donors (Lipinski definition) is 1. The molecular weight excluding hydrogens is 342 g/mol. The van der Waals surface area contributed by atoms with Crippen molar-refractivity contribution in [3.05, 3.63) is 54.4 Å². The summed E-state index contributed by atoms with van der Waals surface area (Å²) in [6.45, 7) is 0.441. The van der Waals surface area contributed by atoms with E-state index in [1.165, 1.54) is 11.4 Å². The molecule has 0 aliphatic rings. The van der Waals surface area contributed by atoms with Crippen molar-refractivity contribution in [1.82, 2.24) is 10.3 Å². The number of aromatic nitrogens is 1. The molecule has 0 bridgehead atoms. The van der Waals surface area contributed by atoms with Crippen LogP contribution in [0, 0.1) is 0 Å². The lowest BCUT2D eigenvalue weighted by molar-refractivity contribution is -0.121. The van der Waals surface area contributed by atoms with Gasteiger partial charge in [-0.3, -0.25) is 14.1 Å². The minimum absolute atomic E-state index is 0.0597. The molecule has 0 saturated heterocycles. The largest absolute Gasteiger partial charge is 0.497 e. The summed E-state index contributed by atoms with van der Waals surface area (Å²) >= 11 is 0. The summed E-state index contributed by atoms with van der Waals surface area (Å²) in [6, 6.07) is 10.3. The zero-order chi connectivity index (χ0) is 18.3. The van der Waals surface area contributed by atoms with Crippen molar-refractivity contribution in [2.24, 2.45) is 0 Å². The fourth-order valence-corrected chi connectivity index (χ4v) is 3.16. The quantitative estimate of drug-likeness (QED) is 0.769. The van der Waals surface area contributed by atoms with Gasteiger partial charge in [0.15, 0.2) is 0 Å². The van der Waals surface area contributed by atoms with Gasteiger partial charge in [-0.05, 0) is 42.0 Å². The third-order valence-electron chi connectivity index (χ3n) is 3.54. The molecule has 8 heteroatoms. The highest BCUT2D eigenvalue weighted by Gasteiger charge is 2.18. The van der Waals surface area contributed by atoms with E-state index in [4.69, 9.17) is 4.74 Å². The summed E-state index contributed by atoms with van der Waals surface area (Å²) in [5, 5.41) is 2.77. The lowest BCUT2D eigenvalue weighted by atomic mass is 10.2. The number of ether oxygens (including phenoxy) is 1. The standard InChI is InChI=1S/C17H21N3O4S/c1-24-16-5-3-15(4-6-16)20(25(2,22)23)12-9-17(21)19-13-14-7-10-18-11-8-14/h3-8,10-11H,9,12-13H2,1-2H3,(H,19,21). The van der Waals surface area contributed by atoms with Crippen LogP contribution >= 0.6 is 0 Å². The van der Waals surface area contributed by atoms with Crippen molar-refractivity contribution in [2.45, 2.75) is 13.0 Å². The average Bonchev–Trinajstić information content (AvgIpc) is 2.60. The Labute approximate surface area is 147 Å².